The van der Waals surface area contributed by atoms with Crippen LogP contribution in [0.15, 0.2) is 36.4 Å². The second kappa shape index (κ2) is 8.65. The van der Waals surface area contributed by atoms with Crippen LogP contribution in [0.5, 0.6) is 0 Å². The number of hydrogen-bond donors (Lipinski definition) is 5. The van der Waals surface area contributed by atoms with Crippen LogP contribution in [0, 0.1) is 0 Å². The van der Waals surface area contributed by atoms with E-state index in [0.717, 1.165) is 12.1 Å². The lowest BCUT2D eigenvalue weighted by Crippen LogP contribution is -2.16. The molecule has 2 aromatic rings. The molecule has 0 spiro atoms. The fraction of sp³-hybridized carbons (Fsp3) is 0.105. The van der Waals surface area contributed by atoms with Crippen molar-refractivity contribution in [2.75, 3.05) is 16.0 Å². The minimum Gasteiger partial charge on any atom is -0.478 e. The van der Waals surface area contributed by atoms with Gasteiger partial charge in [0.1, 0.15) is 0 Å². The average Bonchev–Trinajstić information content (AvgIpc) is 2.62. The highest BCUT2D eigenvalue weighted by molar-refractivity contribution is 6.09. The third-order valence-corrected chi connectivity index (χ3v) is 3.64. The number of carbonyl (C=O) groups excluding carboxylic acids is 3. The molecule has 5 N–H and O–H groups in total. The Bertz CT molecular complexity index is 1030. The van der Waals surface area contributed by atoms with Gasteiger partial charge in [0.25, 0.3) is 5.91 Å². The predicted molar refractivity (Wildman–Crippen MR) is 103 cm³/mol. The van der Waals surface area contributed by atoms with Crippen molar-refractivity contribution in [3.8, 4) is 0 Å². The van der Waals surface area contributed by atoms with Crippen molar-refractivity contribution in [3.63, 3.8) is 0 Å². The Hall–Kier alpha value is -4.21. The molecule has 10 nitrogen and oxygen atoms in total. The number of carbonyl (C=O) groups is 5. The lowest BCUT2D eigenvalue weighted by molar-refractivity contribution is -0.115. The number of carboxylic acids is 2. The van der Waals surface area contributed by atoms with E-state index in [-0.39, 0.29) is 22.8 Å². The Balaban J connectivity index is 2.33. The van der Waals surface area contributed by atoms with E-state index in [1.807, 2.05) is 0 Å². The van der Waals surface area contributed by atoms with Crippen LogP contribution in [0.1, 0.15) is 44.9 Å². The standard InChI is InChI=1S/C19H17N3O7/c1-9(23)20-15-6-4-12(8-16(15)21-10(2)24)22-17(25)11-3-5-13(18(26)27)14(7-11)19(28)29/h3-8H,1-2H3,(H,20,23)(H,21,24)(H,22,25)(H,26,27)(H,28,29). The molecule has 0 aliphatic rings. The molecule has 0 aliphatic heterocycles. The molecule has 29 heavy (non-hydrogen) atoms. The van der Waals surface area contributed by atoms with Gasteiger partial charge in [-0.2, -0.15) is 0 Å². The summed E-state index contributed by atoms with van der Waals surface area (Å²) in [6.07, 6.45) is 0. The fourth-order valence-electron chi connectivity index (χ4n) is 2.47. The Morgan fingerprint density at radius 3 is 1.83 bits per heavy atom. The highest BCUT2D eigenvalue weighted by Crippen LogP contribution is 2.26. The van der Waals surface area contributed by atoms with E-state index >= 15 is 0 Å². The first-order chi connectivity index (χ1) is 13.6. The Morgan fingerprint density at radius 1 is 0.690 bits per heavy atom. The zero-order valence-electron chi connectivity index (χ0n) is 15.4. The van der Waals surface area contributed by atoms with Crippen LogP contribution >= 0.6 is 0 Å². The summed E-state index contributed by atoms with van der Waals surface area (Å²) in [5.41, 5.74) is -0.208. The predicted octanol–water partition coefficient (Wildman–Crippen LogP) is 2.25. The third kappa shape index (κ3) is 5.39. The molecular formula is C19H17N3O7. The number of benzene rings is 2. The van der Waals surface area contributed by atoms with Crippen LogP contribution in [0.4, 0.5) is 17.1 Å². The van der Waals surface area contributed by atoms with Gasteiger partial charge < -0.3 is 26.2 Å². The third-order valence-electron chi connectivity index (χ3n) is 3.64. The van der Waals surface area contributed by atoms with Crippen molar-refractivity contribution in [3.05, 3.63) is 53.1 Å². The first kappa shape index (κ1) is 21.1. The van der Waals surface area contributed by atoms with E-state index in [1.54, 1.807) is 0 Å². The maximum atomic E-state index is 12.5. The van der Waals surface area contributed by atoms with Crippen molar-refractivity contribution in [1.82, 2.24) is 0 Å². The molecule has 3 amide bonds. The number of nitrogens with one attached hydrogen (secondary N) is 3. The van der Waals surface area contributed by atoms with E-state index in [1.165, 1.54) is 38.1 Å². The molecule has 0 aromatic heterocycles. The van der Waals surface area contributed by atoms with Gasteiger partial charge in [0.2, 0.25) is 11.8 Å². The molecule has 10 heteroatoms. The second-order valence-electron chi connectivity index (χ2n) is 5.95. The molecule has 0 fully saturated rings. The summed E-state index contributed by atoms with van der Waals surface area (Å²) in [5.74, 6) is -4.35. The van der Waals surface area contributed by atoms with E-state index < -0.39 is 34.9 Å². The van der Waals surface area contributed by atoms with Crippen molar-refractivity contribution in [2.24, 2.45) is 0 Å². The van der Waals surface area contributed by atoms with Crippen molar-refractivity contribution >= 4 is 46.7 Å². The molecule has 150 valence electrons. The Labute approximate surface area is 164 Å². The zero-order chi connectivity index (χ0) is 21.7. The molecule has 0 atom stereocenters. The molecule has 0 bridgehead atoms. The lowest BCUT2D eigenvalue weighted by Gasteiger charge is -2.13. The molecule has 0 unspecified atom stereocenters. The molecule has 0 aliphatic carbocycles. The first-order valence-corrected chi connectivity index (χ1v) is 8.19. The molecule has 0 saturated carbocycles. The van der Waals surface area contributed by atoms with Gasteiger partial charge in [0, 0.05) is 25.1 Å². The van der Waals surface area contributed by atoms with Crippen molar-refractivity contribution in [2.45, 2.75) is 13.8 Å². The maximum absolute atomic E-state index is 12.5. The summed E-state index contributed by atoms with van der Waals surface area (Å²) >= 11 is 0. The van der Waals surface area contributed by atoms with Gasteiger partial charge in [-0.15, -0.1) is 0 Å². The van der Waals surface area contributed by atoms with Gasteiger partial charge in [-0.05, 0) is 36.4 Å². The molecule has 2 aromatic carbocycles. The largest absolute Gasteiger partial charge is 0.478 e. The van der Waals surface area contributed by atoms with Crippen LogP contribution < -0.4 is 16.0 Å². The van der Waals surface area contributed by atoms with Crippen LogP contribution in [-0.4, -0.2) is 39.9 Å². The summed E-state index contributed by atoms with van der Waals surface area (Å²) in [7, 11) is 0. The smallest absolute Gasteiger partial charge is 0.336 e. The second-order valence-corrected chi connectivity index (χ2v) is 5.95. The number of amides is 3. The minimum atomic E-state index is -1.48. The van der Waals surface area contributed by atoms with Crippen molar-refractivity contribution in [1.29, 1.82) is 0 Å². The van der Waals surface area contributed by atoms with Gasteiger partial charge >= 0.3 is 11.9 Å². The highest BCUT2D eigenvalue weighted by atomic mass is 16.4. The van der Waals surface area contributed by atoms with Gasteiger partial charge in [-0.3, -0.25) is 14.4 Å². The van der Waals surface area contributed by atoms with Crippen LogP contribution in [0.25, 0.3) is 0 Å². The number of carboxylic acid groups (broad SMARTS) is 2. The fourth-order valence-corrected chi connectivity index (χ4v) is 2.47. The molecule has 0 heterocycles. The van der Waals surface area contributed by atoms with Gasteiger partial charge in [-0.25, -0.2) is 9.59 Å². The van der Waals surface area contributed by atoms with Gasteiger partial charge in [-0.1, -0.05) is 0 Å². The summed E-state index contributed by atoms with van der Waals surface area (Å²) in [5, 5.41) is 25.8. The maximum Gasteiger partial charge on any atom is 0.336 e. The summed E-state index contributed by atoms with van der Waals surface area (Å²) in [6, 6.07) is 7.53. The summed E-state index contributed by atoms with van der Waals surface area (Å²) in [6.45, 7) is 2.58. The average molecular weight is 399 g/mol. The first-order valence-electron chi connectivity index (χ1n) is 8.19. The quantitative estimate of drug-likeness (QED) is 0.497. The topological polar surface area (TPSA) is 162 Å². The minimum absolute atomic E-state index is 0.0700. The number of rotatable bonds is 6. The highest BCUT2D eigenvalue weighted by Gasteiger charge is 2.19. The molecule has 2 rings (SSSR count). The van der Waals surface area contributed by atoms with Crippen molar-refractivity contribution < 1.29 is 34.2 Å². The number of anilines is 3. The van der Waals surface area contributed by atoms with E-state index in [0.29, 0.717) is 5.69 Å². The zero-order valence-corrected chi connectivity index (χ0v) is 15.4. The Kier molecular flexibility index (Phi) is 6.29. The van der Waals surface area contributed by atoms with Crippen LogP contribution in [-0.2, 0) is 9.59 Å². The summed E-state index contributed by atoms with van der Waals surface area (Å²) in [4.78, 5) is 57.5. The normalized spacial score (nSPS) is 10.0. The van der Waals surface area contributed by atoms with E-state index in [2.05, 4.69) is 16.0 Å². The Morgan fingerprint density at radius 2 is 1.28 bits per heavy atom. The van der Waals surface area contributed by atoms with Crippen LogP contribution in [0.3, 0.4) is 0 Å². The molecule has 0 saturated heterocycles. The lowest BCUT2D eigenvalue weighted by atomic mass is 10.0. The van der Waals surface area contributed by atoms with Crippen LogP contribution in [0.2, 0.25) is 0 Å². The SMILES string of the molecule is CC(=O)Nc1ccc(NC(=O)c2ccc(C(=O)O)c(C(=O)O)c2)cc1NC(C)=O. The molecular weight excluding hydrogens is 382 g/mol. The van der Waals surface area contributed by atoms with E-state index in [4.69, 9.17) is 10.2 Å². The number of aromatic carboxylic acids is 2. The van der Waals surface area contributed by atoms with Gasteiger partial charge in [0.05, 0.1) is 22.5 Å². The van der Waals surface area contributed by atoms with E-state index in [9.17, 15) is 24.0 Å². The van der Waals surface area contributed by atoms with Gasteiger partial charge in [0.15, 0.2) is 0 Å². The number of hydrogen-bond acceptors (Lipinski definition) is 5. The summed E-state index contributed by atoms with van der Waals surface area (Å²) < 4.78 is 0. The monoisotopic (exact) mass is 399 g/mol. The molecule has 0 radical (unpaired) electrons.